The second kappa shape index (κ2) is 6.67. The van der Waals surface area contributed by atoms with Crippen LogP contribution in [0.15, 0.2) is 18.2 Å². The Balaban J connectivity index is 0.00000200. The van der Waals surface area contributed by atoms with E-state index in [9.17, 15) is 20.0 Å². The van der Waals surface area contributed by atoms with Crippen molar-refractivity contribution in [3.8, 4) is 0 Å². The highest BCUT2D eigenvalue weighted by molar-refractivity contribution is 5.90. The summed E-state index contributed by atoms with van der Waals surface area (Å²) in [5.74, 6) is -0.669. The van der Waals surface area contributed by atoms with Gasteiger partial charge in [-0.15, -0.1) is 12.4 Å². The Morgan fingerprint density at radius 3 is 2.75 bits per heavy atom. The number of hydrogen-bond acceptors (Lipinski definition) is 4. The molecule has 2 rings (SSSR count). The van der Waals surface area contributed by atoms with Crippen LogP contribution in [0, 0.1) is 16.0 Å². The molecule has 0 aliphatic carbocycles. The zero-order valence-corrected chi connectivity index (χ0v) is 11.9. The van der Waals surface area contributed by atoms with Crippen LogP contribution < -0.4 is 5.32 Å². The number of benzene rings is 1. The van der Waals surface area contributed by atoms with Crippen molar-refractivity contribution < 1.29 is 14.8 Å². The van der Waals surface area contributed by atoms with Gasteiger partial charge in [-0.05, 0) is 36.9 Å². The number of rotatable bonds is 4. The van der Waals surface area contributed by atoms with Crippen LogP contribution in [0.5, 0.6) is 0 Å². The maximum atomic E-state index is 11.3. The maximum absolute atomic E-state index is 11.3. The first-order valence-corrected chi connectivity index (χ1v) is 6.23. The normalized spacial score (nSPS) is 19.1. The van der Waals surface area contributed by atoms with Crippen molar-refractivity contribution in [2.24, 2.45) is 5.92 Å². The SMILES string of the molecule is CC(c1ccc([N+](=O)[O-])cc1C(=O)O)C1CCNC1.Cl. The molecular weight excluding hydrogens is 284 g/mol. The van der Waals surface area contributed by atoms with Gasteiger partial charge < -0.3 is 10.4 Å². The first kappa shape index (κ1) is 16.4. The van der Waals surface area contributed by atoms with Crippen molar-refractivity contribution in [3.05, 3.63) is 39.4 Å². The lowest BCUT2D eigenvalue weighted by Crippen LogP contribution is -2.17. The van der Waals surface area contributed by atoms with E-state index in [2.05, 4.69) is 5.32 Å². The second-order valence-corrected chi connectivity index (χ2v) is 4.88. The molecule has 0 spiro atoms. The van der Waals surface area contributed by atoms with Crippen LogP contribution in [0.3, 0.4) is 0 Å². The number of nitrogens with zero attached hydrogens (tertiary/aromatic N) is 1. The average molecular weight is 301 g/mol. The lowest BCUT2D eigenvalue weighted by atomic mass is 9.84. The molecule has 6 nitrogen and oxygen atoms in total. The van der Waals surface area contributed by atoms with E-state index in [1.165, 1.54) is 6.07 Å². The molecule has 2 atom stereocenters. The lowest BCUT2D eigenvalue weighted by Gasteiger charge is -2.20. The molecule has 1 saturated heterocycles. The van der Waals surface area contributed by atoms with Crippen molar-refractivity contribution in [1.82, 2.24) is 5.32 Å². The molecule has 7 heteroatoms. The predicted molar refractivity (Wildman–Crippen MR) is 76.7 cm³/mol. The number of carboxylic acid groups (broad SMARTS) is 1. The Bertz CT molecular complexity index is 515. The highest BCUT2D eigenvalue weighted by atomic mass is 35.5. The molecule has 1 aliphatic rings. The van der Waals surface area contributed by atoms with Gasteiger partial charge in [0.2, 0.25) is 0 Å². The van der Waals surface area contributed by atoms with Crippen LogP contribution >= 0.6 is 12.4 Å². The summed E-state index contributed by atoms with van der Waals surface area (Å²) in [4.78, 5) is 21.4. The molecule has 0 saturated carbocycles. The summed E-state index contributed by atoms with van der Waals surface area (Å²) in [6.45, 7) is 3.77. The molecule has 1 fully saturated rings. The standard InChI is InChI=1S/C13H16N2O4.ClH/c1-8(9-4-5-14-7-9)11-3-2-10(15(18)19)6-12(11)13(16)17;/h2-3,6,8-9,14H,4-5,7H2,1H3,(H,16,17);1H. The molecule has 1 aliphatic heterocycles. The second-order valence-electron chi connectivity index (χ2n) is 4.88. The zero-order valence-electron chi connectivity index (χ0n) is 11.0. The van der Waals surface area contributed by atoms with E-state index in [0.717, 1.165) is 25.6 Å². The van der Waals surface area contributed by atoms with Crippen molar-refractivity contribution in [2.75, 3.05) is 13.1 Å². The third-order valence-corrected chi connectivity index (χ3v) is 3.77. The third-order valence-electron chi connectivity index (χ3n) is 3.77. The number of hydrogen-bond donors (Lipinski definition) is 2. The number of carboxylic acids is 1. The summed E-state index contributed by atoms with van der Waals surface area (Å²) in [5, 5.41) is 23.2. The predicted octanol–water partition coefficient (Wildman–Crippen LogP) is 2.43. The van der Waals surface area contributed by atoms with Crippen molar-refractivity contribution >= 4 is 24.1 Å². The van der Waals surface area contributed by atoms with E-state index in [1.807, 2.05) is 6.92 Å². The van der Waals surface area contributed by atoms with Gasteiger partial charge in [-0.2, -0.15) is 0 Å². The van der Waals surface area contributed by atoms with Gasteiger partial charge in [0.05, 0.1) is 10.5 Å². The fourth-order valence-corrected chi connectivity index (χ4v) is 2.60. The van der Waals surface area contributed by atoms with Gasteiger partial charge in [-0.1, -0.05) is 13.0 Å². The highest BCUT2D eigenvalue weighted by Crippen LogP contribution is 2.32. The number of nitro groups is 1. The quantitative estimate of drug-likeness (QED) is 0.658. The summed E-state index contributed by atoms with van der Waals surface area (Å²) in [5.41, 5.74) is 0.526. The van der Waals surface area contributed by atoms with Crippen molar-refractivity contribution in [1.29, 1.82) is 0 Å². The van der Waals surface area contributed by atoms with E-state index in [4.69, 9.17) is 0 Å². The molecule has 1 aromatic carbocycles. The van der Waals surface area contributed by atoms with Crippen molar-refractivity contribution in [3.63, 3.8) is 0 Å². The Hall–Kier alpha value is -1.66. The number of nitrogens with one attached hydrogen (secondary N) is 1. The Morgan fingerprint density at radius 1 is 1.55 bits per heavy atom. The van der Waals surface area contributed by atoms with Gasteiger partial charge in [0, 0.05) is 12.1 Å². The molecule has 20 heavy (non-hydrogen) atoms. The lowest BCUT2D eigenvalue weighted by molar-refractivity contribution is -0.384. The van der Waals surface area contributed by atoms with E-state index >= 15 is 0 Å². The Labute approximate surface area is 122 Å². The monoisotopic (exact) mass is 300 g/mol. The Kier molecular flexibility index (Phi) is 5.47. The molecule has 0 amide bonds. The molecule has 0 bridgehead atoms. The number of non-ortho nitro benzene ring substituents is 1. The average Bonchev–Trinajstić information content (AvgIpc) is 2.90. The fraction of sp³-hybridized carbons (Fsp3) is 0.462. The van der Waals surface area contributed by atoms with Gasteiger partial charge in [0.25, 0.3) is 5.69 Å². The number of aromatic carboxylic acids is 1. The smallest absolute Gasteiger partial charge is 0.336 e. The van der Waals surface area contributed by atoms with Crippen LogP contribution in [0.25, 0.3) is 0 Å². The van der Waals surface area contributed by atoms with E-state index in [0.29, 0.717) is 11.5 Å². The summed E-state index contributed by atoms with van der Waals surface area (Å²) in [7, 11) is 0. The topological polar surface area (TPSA) is 92.5 Å². The van der Waals surface area contributed by atoms with Gasteiger partial charge in [-0.25, -0.2) is 4.79 Å². The van der Waals surface area contributed by atoms with Crippen LogP contribution in [0.2, 0.25) is 0 Å². The largest absolute Gasteiger partial charge is 0.478 e. The van der Waals surface area contributed by atoms with Crippen LogP contribution in [-0.4, -0.2) is 29.1 Å². The molecule has 2 unspecified atom stereocenters. The molecular formula is C13H17ClN2O4. The minimum absolute atomic E-state index is 0. The van der Waals surface area contributed by atoms with Crippen LogP contribution in [0.1, 0.15) is 35.2 Å². The van der Waals surface area contributed by atoms with E-state index in [-0.39, 0.29) is 29.6 Å². The number of nitro benzene ring substituents is 1. The fourth-order valence-electron chi connectivity index (χ4n) is 2.60. The summed E-state index contributed by atoms with van der Waals surface area (Å²) >= 11 is 0. The summed E-state index contributed by atoms with van der Waals surface area (Å²) in [6, 6.07) is 4.10. The maximum Gasteiger partial charge on any atom is 0.336 e. The summed E-state index contributed by atoms with van der Waals surface area (Å²) in [6.07, 6.45) is 0.997. The number of carbonyl (C=O) groups is 1. The molecule has 0 aromatic heterocycles. The van der Waals surface area contributed by atoms with Crippen LogP contribution in [0.4, 0.5) is 5.69 Å². The Morgan fingerprint density at radius 2 is 2.25 bits per heavy atom. The summed E-state index contributed by atoms with van der Waals surface area (Å²) < 4.78 is 0. The van der Waals surface area contributed by atoms with Crippen molar-refractivity contribution in [2.45, 2.75) is 19.3 Å². The first-order valence-electron chi connectivity index (χ1n) is 6.23. The van der Waals surface area contributed by atoms with Crippen LogP contribution in [-0.2, 0) is 0 Å². The molecule has 2 N–H and O–H groups in total. The third kappa shape index (κ3) is 3.26. The number of halogens is 1. The molecule has 0 radical (unpaired) electrons. The highest BCUT2D eigenvalue weighted by Gasteiger charge is 2.27. The van der Waals surface area contributed by atoms with E-state index in [1.54, 1.807) is 6.07 Å². The van der Waals surface area contributed by atoms with Gasteiger partial charge in [0.1, 0.15) is 0 Å². The molecule has 110 valence electrons. The zero-order chi connectivity index (χ0) is 14.0. The first-order chi connectivity index (χ1) is 9.00. The minimum Gasteiger partial charge on any atom is -0.478 e. The van der Waals surface area contributed by atoms with Gasteiger partial charge in [-0.3, -0.25) is 10.1 Å². The minimum atomic E-state index is -1.11. The molecule has 1 heterocycles. The van der Waals surface area contributed by atoms with Gasteiger partial charge in [0.15, 0.2) is 0 Å². The van der Waals surface area contributed by atoms with E-state index < -0.39 is 10.9 Å². The van der Waals surface area contributed by atoms with Gasteiger partial charge >= 0.3 is 5.97 Å². The molecule has 1 aromatic rings.